The fraction of sp³-hybridized carbons (Fsp3) is 0.429. The molecule has 1 aromatic rings. The van der Waals surface area contributed by atoms with Crippen LogP contribution in [0.15, 0.2) is 24.3 Å². The van der Waals surface area contributed by atoms with Crippen LogP contribution >= 0.6 is 0 Å². The Labute approximate surface area is 88.7 Å². The summed E-state index contributed by atoms with van der Waals surface area (Å²) in [5, 5.41) is 0. The summed E-state index contributed by atoms with van der Waals surface area (Å²) in [6.45, 7) is 12.7. The summed E-state index contributed by atoms with van der Waals surface area (Å²) in [6.07, 6.45) is 4.00. The van der Waals surface area contributed by atoms with Gasteiger partial charge in [-0.05, 0) is 63.8 Å². The summed E-state index contributed by atoms with van der Waals surface area (Å²) in [5.74, 6) is 0. The van der Waals surface area contributed by atoms with Crippen molar-refractivity contribution in [2.75, 3.05) is 0 Å². The van der Waals surface area contributed by atoms with Gasteiger partial charge in [-0.3, -0.25) is 0 Å². The Kier molecular flexibility index (Phi) is 5.94. The average molecular weight is 190 g/mol. The van der Waals surface area contributed by atoms with Crippen molar-refractivity contribution >= 4 is 0 Å². The highest BCUT2D eigenvalue weighted by atomic mass is 14.0. The van der Waals surface area contributed by atoms with E-state index in [-0.39, 0.29) is 0 Å². The van der Waals surface area contributed by atoms with Crippen LogP contribution in [0, 0.1) is 27.7 Å². The van der Waals surface area contributed by atoms with Gasteiger partial charge in [0.1, 0.15) is 0 Å². The molecule has 0 atom stereocenters. The lowest BCUT2D eigenvalue weighted by molar-refractivity contribution is 1.22. The Morgan fingerprint density at radius 1 is 0.714 bits per heavy atom. The number of hydrogen-bond acceptors (Lipinski definition) is 0. The van der Waals surface area contributed by atoms with Crippen LogP contribution in [-0.2, 0) is 0 Å². The van der Waals surface area contributed by atoms with Gasteiger partial charge in [-0.25, -0.2) is 0 Å². The molecule has 0 unspecified atom stereocenters. The maximum Gasteiger partial charge on any atom is -0.0392 e. The molecular weight excluding hydrogens is 168 g/mol. The van der Waals surface area contributed by atoms with Gasteiger partial charge in [-0.2, -0.15) is 0 Å². The molecule has 0 nitrogen and oxygen atoms in total. The molecule has 0 spiro atoms. The van der Waals surface area contributed by atoms with Crippen molar-refractivity contribution in [3.63, 3.8) is 0 Å². The van der Waals surface area contributed by atoms with Crippen molar-refractivity contribution in [3.8, 4) is 0 Å². The summed E-state index contributed by atoms with van der Waals surface area (Å²) >= 11 is 0. The summed E-state index contributed by atoms with van der Waals surface area (Å²) in [6, 6.07) is 4.36. The third kappa shape index (κ3) is 3.78. The van der Waals surface area contributed by atoms with E-state index in [1.807, 2.05) is 26.0 Å². The van der Waals surface area contributed by atoms with Crippen molar-refractivity contribution in [3.05, 3.63) is 46.5 Å². The summed E-state index contributed by atoms with van der Waals surface area (Å²) in [4.78, 5) is 0. The fourth-order valence-corrected chi connectivity index (χ4v) is 1.09. The highest BCUT2D eigenvalue weighted by Crippen LogP contribution is 2.15. The van der Waals surface area contributed by atoms with Crippen LogP contribution in [0.4, 0.5) is 0 Å². The van der Waals surface area contributed by atoms with Crippen molar-refractivity contribution in [2.24, 2.45) is 0 Å². The standard InChI is InChI=1S/C10H14.C4H8/c1-7-5-6-8(2)10(4)9(7)3;1-3-4-2/h5-6H,1-4H3;3-4H,1-2H3/b;4-3-. The first-order chi connectivity index (χ1) is 6.54. The number of benzene rings is 1. The molecule has 0 fully saturated rings. The second-order valence-electron chi connectivity index (χ2n) is 3.62. The number of aryl methyl sites for hydroxylation is 2. The zero-order chi connectivity index (χ0) is 11.1. The zero-order valence-electron chi connectivity index (χ0n) is 10.3. The van der Waals surface area contributed by atoms with Crippen LogP contribution in [0.2, 0.25) is 0 Å². The summed E-state index contributed by atoms with van der Waals surface area (Å²) in [5.41, 5.74) is 5.64. The molecule has 1 rings (SSSR count). The molecule has 0 saturated carbocycles. The molecule has 0 heterocycles. The molecule has 1 aromatic carbocycles. The molecular formula is C14H22. The molecule has 14 heavy (non-hydrogen) atoms. The van der Waals surface area contributed by atoms with E-state index >= 15 is 0 Å². The monoisotopic (exact) mass is 190 g/mol. The van der Waals surface area contributed by atoms with Gasteiger partial charge in [0.15, 0.2) is 0 Å². The first-order valence-electron chi connectivity index (χ1n) is 5.15. The van der Waals surface area contributed by atoms with E-state index in [4.69, 9.17) is 0 Å². The molecule has 0 aliphatic carbocycles. The second kappa shape index (κ2) is 6.42. The fourth-order valence-electron chi connectivity index (χ4n) is 1.09. The van der Waals surface area contributed by atoms with Crippen LogP contribution < -0.4 is 0 Å². The van der Waals surface area contributed by atoms with Crippen molar-refractivity contribution < 1.29 is 0 Å². The van der Waals surface area contributed by atoms with E-state index in [0.29, 0.717) is 0 Å². The van der Waals surface area contributed by atoms with Crippen LogP contribution in [0.1, 0.15) is 36.1 Å². The molecule has 0 amide bonds. The minimum atomic E-state index is 1.39. The van der Waals surface area contributed by atoms with Crippen molar-refractivity contribution in [2.45, 2.75) is 41.5 Å². The quantitative estimate of drug-likeness (QED) is 0.528. The van der Waals surface area contributed by atoms with Crippen molar-refractivity contribution in [1.82, 2.24) is 0 Å². The largest absolute Gasteiger partial charge is 0.0919 e. The van der Waals surface area contributed by atoms with Gasteiger partial charge in [0.2, 0.25) is 0 Å². The minimum absolute atomic E-state index is 1.39. The summed E-state index contributed by atoms with van der Waals surface area (Å²) < 4.78 is 0. The first-order valence-corrected chi connectivity index (χ1v) is 5.15. The van der Waals surface area contributed by atoms with E-state index in [1.165, 1.54) is 22.3 Å². The average Bonchev–Trinajstić information content (AvgIpc) is 2.21. The van der Waals surface area contributed by atoms with Gasteiger partial charge in [0.25, 0.3) is 0 Å². The normalized spacial score (nSPS) is 9.86. The molecule has 78 valence electrons. The third-order valence-corrected chi connectivity index (χ3v) is 2.66. The van der Waals surface area contributed by atoms with E-state index in [9.17, 15) is 0 Å². The first kappa shape index (κ1) is 13.0. The Hall–Kier alpha value is -1.04. The Balaban J connectivity index is 0.000000364. The zero-order valence-corrected chi connectivity index (χ0v) is 10.3. The van der Waals surface area contributed by atoms with Gasteiger partial charge < -0.3 is 0 Å². The van der Waals surface area contributed by atoms with Gasteiger partial charge in [0, 0.05) is 0 Å². The number of rotatable bonds is 0. The maximum atomic E-state index is 2.18. The van der Waals surface area contributed by atoms with Crippen LogP contribution in [0.5, 0.6) is 0 Å². The lowest BCUT2D eigenvalue weighted by Crippen LogP contribution is -1.88. The van der Waals surface area contributed by atoms with Crippen LogP contribution in [-0.4, -0.2) is 0 Å². The minimum Gasteiger partial charge on any atom is -0.0919 e. The molecule has 0 aromatic heterocycles. The third-order valence-electron chi connectivity index (χ3n) is 2.66. The Bertz CT molecular complexity index is 275. The highest BCUT2D eigenvalue weighted by molar-refractivity contribution is 5.37. The number of hydrogen-bond donors (Lipinski definition) is 0. The van der Waals surface area contributed by atoms with Crippen molar-refractivity contribution in [1.29, 1.82) is 0 Å². The summed E-state index contributed by atoms with van der Waals surface area (Å²) in [7, 11) is 0. The molecule has 0 aliphatic rings. The molecule has 0 radical (unpaired) electrons. The van der Waals surface area contributed by atoms with Gasteiger partial charge in [-0.1, -0.05) is 24.3 Å². The predicted molar refractivity (Wildman–Crippen MR) is 65.9 cm³/mol. The van der Waals surface area contributed by atoms with E-state index < -0.39 is 0 Å². The second-order valence-corrected chi connectivity index (χ2v) is 3.62. The molecule has 0 saturated heterocycles. The molecule has 0 aliphatic heterocycles. The van der Waals surface area contributed by atoms with Crippen LogP contribution in [0.25, 0.3) is 0 Å². The Morgan fingerprint density at radius 2 is 1.00 bits per heavy atom. The molecule has 0 bridgehead atoms. The van der Waals surface area contributed by atoms with Gasteiger partial charge in [-0.15, -0.1) is 0 Å². The smallest absolute Gasteiger partial charge is 0.0392 e. The topological polar surface area (TPSA) is 0 Å². The highest BCUT2D eigenvalue weighted by Gasteiger charge is 1.97. The lowest BCUT2D eigenvalue weighted by Gasteiger charge is -2.06. The van der Waals surface area contributed by atoms with Gasteiger partial charge >= 0.3 is 0 Å². The van der Waals surface area contributed by atoms with E-state index in [1.54, 1.807) is 0 Å². The van der Waals surface area contributed by atoms with E-state index in [0.717, 1.165) is 0 Å². The van der Waals surface area contributed by atoms with Gasteiger partial charge in [0.05, 0.1) is 0 Å². The van der Waals surface area contributed by atoms with Crippen LogP contribution in [0.3, 0.4) is 0 Å². The maximum absolute atomic E-state index is 2.18. The molecule has 0 heteroatoms. The Morgan fingerprint density at radius 3 is 1.21 bits per heavy atom. The lowest BCUT2D eigenvalue weighted by atomic mass is 10.0. The van der Waals surface area contributed by atoms with E-state index in [2.05, 4.69) is 39.8 Å². The molecule has 0 N–H and O–H groups in total. The predicted octanol–water partition coefficient (Wildman–Crippen LogP) is 4.50. The number of allylic oxidation sites excluding steroid dienone is 2. The SMILES string of the molecule is C/C=C\C.Cc1ccc(C)c(C)c1C.